The van der Waals surface area contributed by atoms with E-state index in [2.05, 4.69) is 17.0 Å². The zero-order valence-corrected chi connectivity index (χ0v) is 13.4. The summed E-state index contributed by atoms with van der Waals surface area (Å²) in [4.78, 5) is 18.3. The number of anilines is 1. The second-order valence-corrected chi connectivity index (χ2v) is 5.32. The monoisotopic (exact) mass is 317 g/mol. The molecule has 1 aromatic carbocycles. The number of ether oxygens (including phenoxy) is 1. The molecule has 1 aromatic rings. The van der Waals surface area contributed by atoms with Gasteiger partial charge in [-0.2, -0.15) is 0 Å². The number of hydrogen-bond donors (Lipinski definition) is 2. The van der Waals surface area contributed by atoms with Crippen molar-refractivity contribution in [3.63, 3.8) is 0 Å². The molecule has 0 radical (unpaired) electrons. The van der Waals surface area contributed by atoms with Crippen LogP contribution in [0.5, 0.6) is 0 Å². The molecule has 1 fully saturated rings. The molecular weight excluding hydrogens is 294 g/mol. The lowest BCUT2D eigenvalue weighted by atomic mass is 10.1. The fraction of sp³-hybridized carbons (Fsp3) is 0.375. The summed E-state index contributed by atoms with van der Waals surface area (Å²) in [6.07, 6.45) is 1.82. The number of benzene rings is 1. The van der Waals surface area contributed by atoms with E-state index in [1.54, 1.807) is 25.5 Å². The lowest BCUT2D eigenvalue weighted by molar-refractivity contribution is -0.123. The van der Waals surface area contributed by atoms with Gasteiger partial charge >= 0.3 is 0 Å². The van der Waals surface area contributed by atoms with Gasteiger partial charge in [0.25, 0.3) is 0 Å². The number of carbonyl (C=O) groups is 1. The van der Waals surface area contributed by atoms with E-state index in [1.165, 1.54) is 5.01 Å². The van der Waals surface area contributed by atoms with Crippen molar-refractivity contribution in [1.29, 1.82) is 0 Å². The van der Waals surface area contributed by atoms with Crippen molar-refractivity contribution in [1.82, 2.24) is 15.3 Å². The molecule has 1 heterocycles. The lowest BCUT2D eigenvalue weighted by Crippen LogP contribution is -2.39. The van der Waals surface area contributed by atoms with E-state index in [0.29, 0.717) is 24.7 Å². The quantitative estimate of drug-likeness (QED) is 0.347. The SMILES string of the molecule is C=C(/N=C\N(C)NC(=O)Cc1ccc(N)cc1)N1CCOCC1. The second-order valence-electron chi connectivity index (χ2n) is 5.32. The highest BCUT2D eigenvalue weighted by atomic mass is 16.5. The van der Waals surface area contributed by atoms with Crippen molar-refractivity contribution in [2.45, 2.75) is 6.42 Å². The fourth-order valence-corrected chi connectivity index (χ4v) is 2.14. The van der Waals surface area contributed by atoms with Gasteiger partial charge in [0.05, 0.1) is 19.6 Å². The van der Waals surface area contributed by atoms with Gasteiger partial charge in [0.15, 0.2) is 0 Å². The van der Waals surface area contributed by atoms with Gasteiger partial charge in [-0.3, -0.25) is 15.2 Å². The Morgan fingerprint density at radius 1 is 1.43 bits per heavy atom. The van der Waals surface area contributed by atoms with E-state index in [0.717, 1.165) is 18.7 Å². The van der Waals surface area contributed by atoms with Crippen LogP contribution >= 0.6 is 0 Å². The van der Waals surface area contributed by atoms with Gasteiger partial charge in [0.1, 0.15) is 12.2 Å². The number of hydrogen-bond acceptors (Lipinski definition) is 5. The Kier molecular flexibility index (Phi) is 5.99. The summed E-state index contributed by atoms with van der Waals surface area (Å²) in [5.41, 5.74) is 9.94. The maximum Gasteiger partial charge on any atom is 0.242 e. The first kappa shape index (κ1) is 16.8. The molecule has 0 saturated carbocycles. The molecule has 1 saturated heterocycles. The Balaban J connectivity index is 1.77. The summed E-state index contributed by atoms with van der Waals surface area (Å²) in [5.74, 6) is 0.536. The first-order chi connectivity index (χ1) is 11.0. The summed E-state index contributed by atoms with van der Waals surface area (Å²) in [5, 5.41) is 1.52. The number of morpholine rings is 1. The van der Waals surface area contributed by atoms with E-state index in [4.69, 9.17) is 10.5 Å². The molecule has 7 nitrogen and oxygen atoms in total. The Morgan fingerprint density at radius 2 is 2.09 bits per heavy atom. The average Bonchev–Trinajstić information content (AvgIpc) is 2.55. The highest BCUT2D eigenvalue weighted by Gasteiger charge is 2.11. The Hall–Kier alpha value is -2.54. The number of nitrogens with zero attached hydrogens (tertiary/aromatic N) is 3. The third-order valence-electron chi connectivity index (χ3n) is 3.40. The zero-order chi connectivity index (χ0) is 16.7. The Labute approximate surface area is 136 Å². The van der Waals surface area contributed by atoms with Crippen molar-refractivity contribution >= 4 is 17.9 Å². The number of aliphatic imine (C=N–C) groups is 1. The molecule has 124 valence electrons. The number of hydrazine groups is 1. The minimum atomic E-state index is -0.124. The summed E-state index contributed by atoms with van der Waals surface area (Å²) in [6, 6.07) is 7.23. The van der Waals surface area contributed by atoms with E-state index >= 15 is 0 Å². The van der Waals surface area contributed by atoms with Crippen LogP contribution in [0.3, 0.4) is 0 Å². The van der Waals surface area contributed by atoms with Crippen LogP contribution in [-0.4, -0.2) is 55.5 Å². The van der Waals surface area contributed by atoms with Crippen LogP contribution in [0.15, 0.2) is 41.7 Å². The minimum absolute atomic E-state index is 0.124. The van der Waals surface area contributed by atoms with Gasteiger partial charge in [-0.15, -0.1) is 0 Å². The van der Waals surface area contributed by atoms with Crippen LogP contribution < -0.4 is 11.2 Å². The summed E-state index contributed by atoms with van der Waals surface area (Å²) < 4.78 is 5.28. The number of rotatable bonds is 6. The van der Waals surface area contributed by atoms with Crippen molar-refractivity contribution in [2.75, 3.05) is 39.1 Å². The van der Waals surface area contributed by atoms with Crippen LogP contribution in [0, 0.1) is 0 Å². The van der Waals surface area contributed by atoms with Gasteiger partial charge in [0, 0.05) is 25.8 Å². The Morgan fingerprint density at radius 3 is 2.74 bits per heavy atom. The highest BCUT2D eigenvalue weighted by Crippen LogP contribution is 2.07. The molecule has 0 spiro atoms. The predicted octanol–water partition coefficient (Wildman–Crippen LogP) is 0.606. The molecule has 3 N–H and O–H groups in total. The molecule has 7 heteroatoms. The first-order valence-electron chi connectivity index (χ1n) is 7.47. The maximum atomic E-state index is 12.0. The summed E-state index contributed by atoms with van der Waals surface area (Å²) in [7, 11) is 1.72. The van der Waals surface area contributed by atoms with E-state index in [1.807, 2.05) is 17.0 Å². The normalized spacial score (nSPS) is 14.7. The van der Waals surface area contributed by atoms with Gasteiger partial charge in [-0.25, -0.2) is 4.99 Å². The number of carbonyl (C=O) groups excluding carboxylic acids is 1. The van der Waals surface area contributed by atoms with Crippen LogP contribution in [-0.2, 0) is 16.0 Å². The highest BCUT2D eigenvalue weighted by molar-refractivity contribution is 5.79. The fourth-order valence-electron chi connectivity index (χ4n) is 2.14. The van der Waals surface area contributed by atoms with E-state index in [9.17, 15) is 4.79 Å². The summed E-state index contributed by atoms with van der Waals surface area (Å²) in [6.45, 7) is 6.86. The smallest absolute Gasteiger partial charge is 0.242 e. The van der Waals surface area contributed by atoms with E-state index in [-0.39, 0.29) is 12.3 Å². The van der Waals surface area contributed by atoms with Crippen molar-refractivity contribution in [3.8, 4) is 0 Å². The third kappa shape index (κ3) is 5.63. The number of nitrogens with two attached hydrogens (primary N) is 1. The second kappa shape index (κ2) is 8.19. The molecule has 0 aliphatic carbocycles. The van der Waals surface area contributed by atoms with Crippen LogP contribution in [0.1, 0.15) is 5.56 Å². The largest absolute Gasteiger partial charge is 0.399 e. The molecule has 0 unspecified atom stereocenters. The van der Waals surface area contributed by atoms with Crippen molar-refractivity contribution in [3.05, 3.63) is 42.2 Å². The molecule has 1 aliphatic heterocycles. The minimum Gasteiger partial charge on any atom is -0.399 e. The molecule has 1 aliphatic rings. The van der Waals surface area contributed by atoms with E-state index < -0.39 is 0 Å². The number of nitrogen functional groups attached to an aromatic ring is 1. The van der Waals surface area contributed by atoms with Crippen molar-refractivity contribution < 1.29 is 9.53 Å². The first-order valence-corrected chi connectivity index (χ1v) is 7.47. The van der Waals surface area contributed by atoms with Crippen LogP contribution in [0.2, 0.25) is 0 Å². The van der Waals surface area contributed by atoms with Gasteiger partial charge in [-0.05, 0) is 17.7 Å². The molecule has 2 rings (SSSR count). The van der Waals surface area contributed by atoms with Crippen molar-refractivity contribution in [2.24, 2.45) is 4.99 Å². The third-order valence-corrected chi connectivity index (χ3v) is 3.40. The van der Waals surface area contributed by atoms with Gasteiger partial charge < -0.3 is 15.4 Å². The van der Waals surface area contributed by atoms with Gasteiger partial charge in [0.2, 0.25) is 5.91 Å². The lowest BCUT2D eigenvalue weighted by Gasteiger charge is -2.28. The number of amides is 1. The maximum absolute atomic E-state index is 12.0. The standard InChI is InChI=1S/C16H23N5O2/c1-13(21-7-9-23-10-8-21)18-12-20(2)19-16(22)11-14-3-5-15(17)6-4-14/h3-6,12H,1,7-11,17H2,2H3,(H,19,22)/b18-12-. The number of nitrogens with one attached hydrogen (secondary N) is 1. The molecule has 0 bridgehead atoms. The zero-order valence-electron chi connectivity index (χ0n) is 13.4. The topological polar surface area (TPSA) is 83.2 Å². The van der Waals surface area contributed by atoms with Crippen LogP contribution in [0.4, 0.5) is 5.69 Å². The molecular formula is C16H23N5O2. The molecule has 0 atom stereocenters. The molecule has 1 amide bonds. The van der Waals surface area contributed by atoms with Gasteiger partial charge in [-0.1, -0.05) is 18.7 Å². The summed E-state index contributed by atoms with van der Waals surface area (Å²) >= 11 is 0. The molecule has 23 heavy (non-hydrogen) atoms. The predicted molar refractivity (Wildman–Crippen MR) is 90.5 cm³/mol. The van der Waals surface area contributed by atoms with Crippen LogP contribution in [0.25, 0.3) is 0 Å². The average molecular weight is 317 g/mol. The Bertz CT molecular complexity index is 564. The molecule has 0 aromatic heterocycles.